The molecule has 0 radical (unpaired) electrons. The lowest BCUT2D eigenvalue weighted by Crippen LogP contribution is -2.12. The number of nitrogens with zero attached hydrogens (tertiary/aromatic N) is 2. The molecule has 11 heavy (non-hydrogen) atoms. The van der Waals surface area contributed by atoms with E-state index in [4.69, 9.17) is 0 Å². The zero-order chi connectivity index (χ0) is 8.43. The van der Waals surface area contributed by atoms with Gasteiger partial charge in [0, 0.05) is 23.9 Å². The number of anilines is 1. The highest BCUT2D eigenvalue weighted by Crippen LogP contribution is 2.15. The van der Waals surface area contributed by atoms with Crippen LogP contribution in [-0.4, -0.2) is 19.1 Å². The number of rotatable bonds is 1. The summed E-state index contributed by atoms with van der Waals surface area (Å²) >= 11 is 2.02. The van der Waals surface area contributed by atoms with E-state index in [2.05, 4.69) is 4.98 Å². The highest BCUT2D eigenvalue weighted by atomic mass is 127. The van der Waals surface area contributed by atoms with Gasteiger partial charge in [-0.05, 0) is 28.7 Å². The summed E-state index contributed by atoms with van der Waals surface area (Å²) < 4.78 is 13.8. The Morgan fingerprint density at radius 1 is 1.55 bits per heavy atom. The first-order chi connectivity index (χ1) is 5.11. The SMILES string of the molecule is CN(C)c1ncc(I)cc1F. The van der Waals surface area contributed by atoms with Crippen LogP contribution in [-0.2, 0) is 0 Å². The summed E-state index contributed by atoms with van der Waals surface area (Å²) in [4.78, 5) is 5.56. The average molecular weight is 266 g/mol. The van der Waals surface area contributed by atoms with Crippen LogP contribution in [0, 0.1) is 9.39 Å². The lowest BCUT2D eigenvalue weighted by atomic mass is 10.4. The van der Waals surface area contributed by atoms with Crippen molar-refractivity contribution in [3.63, 3.8) is 0 Å². The molecule has 0 fully saturated rings. The molecule has 1 aromatic heterocycles. The van der Waals surface area contributed by atoms with Gasteiger partial charge in [-0.2, -0.15) is 0 Å². The molecule has 0 aromatic carbocycles. The molecule has 1 heterocycles. The maximum atomic E-state index is 13.0. The fraction of sp³-hybridized carbons (Fsp3) is 0.286. The van der Waals surface area contributed by atoms with Gasteiger partial charge >= 0.3 is 0 Å². The Hall–Kier alpha value is -0.390. The molecule has 0 atom stereocenters. The van der Waals surface area contributed by atoms with Gasteiger partial charge < -0.3 is 4.90 Å². The Kier molecular flexibility index (Phi) is 2.64. The van der Waals surface area contributed by atoms with E-state index in [1.54, 1.807) is 25.2 Å². The predicted octanol–water partition coefficient (Wildman–Crippen LogP) is 1.89. The van der Waals surface area contributed by atoms with Gasteiger partial charge in [-0.1, -0.05) is 0 Å². The Morgan fingerprint density at radius 2 is 2.18 bits per heavy atom. The topological polar surface area (TPSA) is 16.1 Å². The second-order valence-electron chi connectivity index (χ2n) is 2.35. The molecule has 0 aliphatic carbocycles. The molecule has 0 saturated carbocycles. The summed E-state index contributed by atoms with van der Waals surface area (Å²) in [5.74, 6) is 0.104. The number of halogens is 2. The molecule has 0 bridgehead atoms. The van der Waals surface area contributed by atoms with Gasteiger partial charge in [0.05, 0.1) is 0 Å². The molecule has 0 aliphatic rings. The highest BCUT2D eigenvalue weighted by Gasteiger charge is 2.04. The summed E-state index contributed by atoms with van der Waals surface area (Å²) in [6, 6.07) is 1.46. The molecular weight excluding hydrogens is 258 g/mol. The minimum absolute atomic E-state index is 0.276. The van der Waals surface area contributed by atoms with Crippen molar-refractivity contribution < 1.29 is 4.39 Å². The van der Waals surface area contributed by atoms with Crippen molar-refractivity contribution in [3.05, 3.63) is 21.7 Å². The molecule has 2 nitrogen and oxygen atoms in total. The first-order valence-electron chi connectivity index (χ1n) is 3.09. The second-order valence-corrected chi connectivity index (χ2v) is 3.60. The van der Waals surface area contributed by atoms with Crippen LogP contribution in [0.1, 0.15) is 0 Å². The zero-order valence-corrected chi connectivity index (χ0v) is 8.46. The van der Waals surface area contributed by atoms with Crippen LogP contribution in [0.25, 0.3) is 0 Å². The molecule has 1 rings (SSSR count). The van der Waals surface area contributed by atoms with Crippen molar-refractivity contribution in [2.75, 3.05) is 19.0 Å². The molecule has 0 N–H and O–H groups in total. The van der Waals surface area contributed by atoms with Crippen molar-refractivity contribution in [3.8, 4) is 0 Å². The first-order valence-corrected chi connectivity index (χ1v) is 4.17. The first kappa shape index (κ1) is 8.70. The fourth-order valence-electron chi connectivity index (χ4n) is 0.736. The van der Waals surface area contributed by atoms with Crippen molar-refractivity contribution in [1.82, 2.24) is 4.98 Å². The maximum Gasteiger partial charge on any atom is 0.166 e. The van der Waals surface area contributed by atoms with E-state index in [-0.39, 0.29) is 5.82 Å². The van der Waals surface area contributed by atoms with Crippen molar-refractivity contribution in [1.29, 1.82) is 0 Å². The Balaban J connectivity index is 3.09. The number of pyridine rings is 1. The van der Waals surface area contributed by atoms with E-state index in [9.17, 15) is 4.39 Å². The standard InChI is InChI=1S/C7H8FIN2/c1-11(2)7-6(8)3-5(9)4-10-7/h3-4H,1-2H3. The normalized spacial score (nSPS) is 9.82. The third-order valence-corrected chi connectivity index (χ3v) is 1.80. The second kappa shape index (κ2) is 3.34. The van der Waals surface area contributed by atoms with Crippen LogP contribution in [0.4, 0.5) is 10.2 Å². The number of aromatic nitrogens is 1. The molecular formula is C7H8FIN2. The largest absolute Gasteiger partial charge is 0.360 e. The van der Waals surface area contributed by atoms with E-state index in [0.29, 0.717) is 5.82 Å². The van der Waals surface area contributed by atoms with E-state index in [1.165, 1.54) is 6.07 Å². The van der Waals surface area contributed by atoms with Crippen LogP contribution < -0.4 is 4.90 Å². The van der Waals surface area contributed by atoms with Gasteiger partial charge in [-0.15, -0.1) is 0 Å². The number of hydrogen-bond acceptors (Lipinski definition) is 2. The summed E-state index contributed by atoms with van der Waals surface area (Å²) in [7, 11) is 3.52. The predicted molar refractivity (Wildman–Crippen MR) is 51.2 cm³/mol. The minimum atomic E-state index is -0.276. The Morgan fingerprint density at radius 3 is 2.64 bits per heavy atom. The van der Waals surface area contributed by atoms with Crippen molar-refractivity contribution in [2.45, 2.75) is 0 Å². The van der Waals surface area contributed by atoms with Crippen LogP contribution in [0.3, 0.4) is 0 Å². The maximum absolute atomic E-state index is 13.0. The van der Waals surface area contributed by atoms with E-state index in [1.807, 2.05) is 22.6 Å². The van der Waals surface area contributed by atoms with Crippen LogP contribution in [0.2, 0.25) is 0 Å². The lowest BCUT2D eigenvalue weighted by Gasteiger charge is -2.11. The van der Waals surface area contributed by atoms with Crippen LogP contribution in [0.5, 0.6) is 0 Å². The third-order valence-electron chi connectivity index (χ3n) is 1.21. The number of hydrogen-bond donors (Lipinski definition) is 0. The lowest BCUT2D eigenvalue weighted by molar-refractivity contribution is 0.618. The van der Waals surface area contributed by atoms with Crippen molar-refractivity contribution >= 4 is 28.4 Å². The minimum Gasteiger partial charge on any atom is -0.360 e. The van der Waals surface area contributed by atoms with E-state index < -0.39 is 0 Å². The molecule has 0 aliphatic heterocycles. The fourth-order valence-corrected chi connectivity index (χ4v) is 1.15. The van der Waals surface area contributed by atoms with E-state index >= 15 is 0 Å². The van der Waals surface area contributed by atoms with Crippen LogP contribution >= 0.6 is 22.6 Å². The molecule has 0 unspecified atom stereocenters. The molecule has 0 amide bonds. The van der Waals surface area contributed by atoms with Crippen molar-refractivity contribution in [2.24, 2.45) is 0 Å². The van der Waals surface area contributed by atoms with Gasteiger partial charge in [-0.25, -0.2) is 9.37 Å². The molecule has 4 heteroatoms. The Bertz CT molecular complexity index is 263. The van der Waals surface area contributed by atoms with Gasteiger partial charge in [0.25, 0.3) is 0 Å². The van der Waals surface area contributed by atoms with Gasteiger partial charge in [0.1, 0.15) is 0 Å². The third kappa shape index (κ3) is 2.02. The summed E-state index contributed by atoms with van der Waals surface area (Å²) in [6.07, 6.45) is 1.64. The van der Waals surface area contributed by atoms with Gasteiger partial charge in [0.15, 0.2) is 11.6 Å². The average Bonchev–Trinajstić information content (AvgIpc) is 1.85. The summed E-state index contributed by atoms with van der Waals surface area (Å²) in [5, 5.41) is 0. The molecule has 1 aromatic rings. The quantitative estimate of drug-likeness (QED) is 0.721. The van der Waals surface area contributed by atoms with Gasteiger partial charge in [0.2, 0.25) is 0 Å². The van der Waals surface area contributed by atoms with Gasteiger partial charge in [-0.3, -0.25) is 0 Å². The monoisotopic (exact) mass is 266 g/mol. The highest BCUT2D eigenvalue weighted by molar-refractivity contribution is 14.1. The smallest absolute Gasteiger partial charge is 0.166 e. The van der Waals surface area contributed by atoms with Crippen LogP contribution in [0.15, 0.2) is 12.3 Å². The molecule has 0 saturated heterocycles. The zero-order valence-electron chi connectivity index (χ0n) is 6.31. The summed E-state index contributed by atoms with van der Waals surface area (Å²) in [5.41, 5.74) is 0. The summed E-state index contributed by atoms with van der Waals surface area (Å²) in [6.45, 7) is 0. The van der Waals surface area contributed by atoms with E-state index in [0.717, 1.165) is 3.57 Å². The molecule has 0 spiro atoms. The molecule has 60 valence electrons. The Labute approximate surface area is 78.6 Å².